The number of carbonyl (C=O) groups excluding carboxylic acids is 1. The first-order chi connectivity index (χ1) is 13.6. The van der Waals surface area contributed by atoms with Crippen molar-refractivity contribution in [2.75, 3.05) is 0 Å². The molecule has 2 unspecified atom stereocenters. The average molecular weight is 438 g/mol. The zero-order chi connectivity index (χ0) is 23.3. The predicted octanol–water partition coefficient (Wildman–Crippen LogP) is 6.83. The van der Waals surface area contributed by atoms with Crippen LogP contribution in [0.5, 0.6) is 0 Å². The number of carbonyl (C=O) groups is 2. The van der Waals surface area contributed by atoms with Gasteiger partial charge >= 0.3 is 12.2 Å². The van der Waals surface area contributed by atoms with Gasteiger partial charge in [-0.25, -0.2) is 14.5 Å². The molecule has 0 aliphatic rings. The second kappa shape index (κ2) is 9.96. The highest BCUT2D eigenvalue weighted by Crippen LogP contribution is 2.42. The molecule has 2 amide bonds. The molecular weight excluding hydrogens is 398 g/mol. The summed E-state index contributed by atoms with van der Waals surface area (Å²) in [5.74, 6) is 0. The Hall–Kier alpha value is -1.86. The van der Waals surface area contributed by atoms with Gasteiger partial charge in [0.15, 0.2) is 8.32 Å². The standard InChI is InChI=1S/C23H39NO5Si/c1-10-14-18(24(20(25)26)21(27)28-22(2,3)4)19(17-15-12-11-13-16-17)29-30(8,9)23(5,6)7/h11-13,15-16,18-19H,10,14H2,1-9H3,(H,25,26). The molecule has 6 nitrogen and oxygen atoms in total. The summed E-state index contributed by atoms with van der Waals surface area (Å²) in [4.78, 5) is 25.9. The van der Waals surface area contributed by atoms with E-state index in [-0.39, 0.29) is 5.04 Å². The molecule has 7 heteroatoms. The molecule has 1 aromatic rings. The van der Waals surface area contributed by atoms with E-state index in [1.165, 1.54) is 0 Å². The van der Waals surface area contributed by atoms with E-state index in [2.05, 4.69) is 33.9 Å². The number of benzene rings is 1. The summed E-state index contributed by atoms with van der Waals surface area (Å²) < 4.78 is 12.2. The quantitative estimate of drug-likeness (QED) is 0.473. The smallest absolute Gasteiger partial charge is 0.420 e. The lowest BCUT2D eigenvalue weighted by molar-refractivity contribution is -0.000723. The van der Waals surface area contributed by atoms with E-state index in [1.54, 1.807) is 20.8 Å². The zero-order valence-corrected chi connectivity index (χ0v) is 21.0. The highest BCUT2D eigenvalue weighted by molar-refractivity contribution is 6.74. The summed E-state index contributed by atoms with van der Waals surface area (Å²) in [7, 11) is -2.28. The van der Waals surface area contributed by atoms with Crippen molar-refractivity contribution >= 4 is 20.5 Å². The molecule has 0 saturated heterocycles. The van der Waals surface area contributed by atoms with Crippen molar-refractivity contribution in [3.05, 3.63) is 35.9 Å². The van der Waals surface area contributed by atoms with Crippen LogP contribution in [0.1, 0.15) is 73.0 Å². The van der Waals surface area contributed by atoms with Gasteiger partial charge in [0.25, 0.3) is 0 Å². The molecule has 1 aromatic carbocycles. The number of carboxylic acid groups (broad SMARTS) is 1. The molecular formula is C23H39NO5Si. The van der Waals surface area contributed by atoms with Crippen LogP contribution in [0.2, 0.25) is 18.1 Å². The number of amides is 2. The fourth-order valence-electron chi connectivity index (χ4n) is 2.88. The van der Waals surface area contributed by atoms with Crippen LogP contribution < -0.4 is 0 Å². The lowest BCUT2D eigenvalue weighted by Crippen LogP contribution is -2.52. The van der Waals surface area contributed by atoms with Gasteiger partial charge < -0.3 is 14.3 Å². The maximum atomic E-state index is 12.9. The molecule has 170 valence electrons. The minimum atomic E-state index is -2.28. The van der Waals surface area contributed by atoms with Crippen molar-refractivity contribution in [1.29, 1.82) is 0 Å². The molecule has 0 heterocycles. The Balaban J connectivity index is 3.52. The van der Waals surface area contributed by atoms with Crippen molar-refractivity contribution < 1.29 is 23.9 Å². The first kappa shape index (κ1) is 26.2. The fraction of sp³-hybridized carbons (Fsp3) is 0.652. The third-order valence-corrected chi connectivity index (χ3v) is 9.87. The molecule has 30 heavy (non-hydrogen) atoms. The lowest BCUT2D eigenvalue weighted by Gasteiger charge is -2.43. The van der Waals surface area contributed by atoms with Gasteiger partial charge in [-0.15, -0.1) is 0 Å². The molecule has 0 bridgehead atoms. The van der Waals surface area contributed by atoms with E-state index in [9.17, 15) is 14.7 Å². The van der Waals surface area contributed by atoms with Crippen LogP contribution in [0.15, 0.2) is 30.3 Å². The third-order valence-electron chi connectivity index (χ3n) is 5.42. The van der Waals surface area contributed by atoms with Crippen LogP contribution in [0.25, 0.3) is 0 Å². The van der Waals surface area contributed by atoms with Crippen LogP contribution >= 0.6 is 0 Å². The number of ether oxygens (including phenoxy) is 1. The van der Waals surface area contributed by atoms with Crippen molar-refractivity contribution in [3.63, 3.8) is 0 Å². The Morgan fingerprint density at radius 3 is 2.00 bits per heavy atom. The summed E-state index contributed by atoms with van der Waals surface area (Å²) in [6.07, 6.45) is -1.60. The summed E-state index contributed by atoms with van der Waals surface area (Å²) in [6.45, 7) is 17.8. The Morgan fingerprint density at radius 1 is 1.07 bits per heavy atom. The van der Waals surface area contributed by atoms with Crippen LogP contribution in [-0.2, 0) is 9.16 Å². The van der Waals surface area contributed by atoms with Crippen molar-refractivity contribution in [1.82, 2.24) is 4.90 Å². The Bertz CT molecular complexity index is 707. The molecule has 2 atom stereocenters. The summed E-state index contributed by atoms with van der Waals surface area (Å²) in [6, 6.07) is 8.87. The number of hydrogen-bond acceptors (Lipinski definition) is 4. The SMILES string of the molecule is CCCC(C(O[Si](C)(C)C(C)(C)C)c1ccccc1)N(C(=O)O)C(=O)OC(C)(C)C. The summed E-state index contributed by atoms with van der Waals surface area (Å²) >= 11 is 0. The van der Waals surface area contributed by atoms with Gasteiger partial charge in [-0.3, -0.25) is 0 Å². The van der Waals surface area contributed by atoms with E-state index in [4.69, 9.17) is 9.16 Å². The van der Waals surface area contributed by atoms with Crippen LogP contribution in [0, 0.1) is 0 Å². The molecule has 0 aromatic heterocycles. The minimum absolute atomic E-state index is 0.0727. The molecule has 0 aliphatic carbocycles. The monoisotopic (exact) mass is 437 g/mol. The van der Waals surface area contributed by atoms with Gasteiger partial charge in [-0.1, -0.05) is 64.4 Å². The van der Waals surface area contributed by atoms with E-state index < -0.39 is 38.3 Å². The van der Waals surface area contributed by atoms with Gasteiger partial charge in [0, 0.05) is 0 Å². The Labute approximate surface area is 182 Å². The highest BCUT2D eigenvalue weighted by Gasteiger charge is 2.45. The summed E-state index contributed by atoms with van der Waals surface area (Å²) in [5.41, 5.74) is 0.0555. The van der Waals surface area contributed by atoms with Crippen LogP contribution in [0.4, 0.5) is 9.59 Å². The van der Waals surface area contributed by atoms with E-state index in [1.807, 2.05) is 37.3 Å². The first-order valence-corrected chi connectivity index (χ1v) is 13.5. The third kappa shape index (κ3) is 7.13. The number of hydrogen-bond donors (Lipinski definition) is 1. The van der Waals surface area contributed by atoms with Crippen LogP contribution in [-0.4, -0.2) is 42.2 Å². The van der Waals surface area contributed by atoms with E-state index in [0.717, 1.165) is 10.5 Å². The van der Waals surface area contributed by atoms with Gasteiger partial charge in [0.1, 0.15) is 5.60 Å². The molecule has 1 N–H and O–H groups in total. The van der Waals surface area contributed by atoms with Crippen molar-refractivity contribution in [3.8, 4) is 0 Å². The molecule has 0 fully saturated rings. The molecule has 0 saturated carbocycles. The van der Waals surface area contributed by atoms with Crippen molar-refractivity contribution in [2.45, 2.75) is 97.2 Å². The second-order valence-electron chi connectivity index (χ2n) is 10.2. The number of imide groups is 1. The zero-order valence-electron chi connectivity index (χ0n) is 20.0. The molecule has 0 radical (unpaired) electrons. The fourth-order valence-corrected chi connectivity index (χ4v) is 4.17. The number of rotatable bonds is 7. The van der Waals surface area contributed by atoms with Gasteiger partial charge in [-0.2, -0.15) is 0 Å². The van der Waals surface area contributed by atoms with Crippen LogP contribution in [0.3, 0.4) is 0 Å². The van der Waals surface area contributed by atoms with Gasteiger partial charge in [-0.05, 0) is 50.9 Å². The van der Waals surface area contributed by atoms with Crippen molar-refractivity contribution in [2.24, 2.45) is 0 Å². The normalized spacial score (nSPS) is 14.7. The molecule has 0 spiro atoms. The minimum Gasteiger partial charge on any atom is -0.465 e. The summed E-state index contributed by atoms with van der Waals surface area (Å²) in [5, 5.41) is 9.90. The maximum absolute atomic E-state index is 12.9. The van der Waals surface area contributed by atoms with E-state index in [0.29, 0.717) is 12.8 Å². The van der Waals surface area contributed by atoms with Gasteiger partial charge in [0.05, 0.1) is 12.1 Å². The largest absolute Gasteiger partial charge is 0.465 e. The second-order valence-corrected chi connectivity index (χ2v) is 15.0. The topological polar surface area (TPSA) is 76.1 Å². The van der Waals surface area contributed by atoms with E-state index >= 15 is 0 Å². The highest BCUT2D eigenvalue weighted by atomic mass is 28.4. The molecule has 1 rings (SSSR count). The average Bonchev–Trinajstić information content (AvgIpc) is 2.57. The van der Waals surface area contributed by atoms with Gasteiger partial charge in [0.2, 0.25) is 0 Å². The molecule has 0 aliphatic heterocycles. The lowest BCUT2D eigenvalue weighted by atomic mass is 9.97. The predicted molar refractivity (Wildman–Crippen MR) is 122 cm³/mol. The Kier molecular flexibility index (Phi) is 8.69. The number of nitrogens with zero attached hydrogens (tertiary/aromatic N) is 1. The Morgan fingerprint density at radius 2 is 1.60 bits per heavy atom. The maximum Gasteiger partial charge on any atom is 0.420 e. The first-order valence-electron chi connectivity index (χ1n) is 10.6.